The molecule has 4 rings (SSSR count). The van der Waals surface area contributed by atoms with E-state index in [-0.39, 0.29) is 16.3 Å². The highest BCUT2D eigenvalue weighted by molar-refractivity contribution is 7.89. The van der Waals surface area contributed by atoms with E-state index in [0.29, 0.717) is 30.4 Å². The van der Waals surface area contributed by atoms with Gasteiger partial charge < -0.3 is 15.6 Å². The number of nitrogens with zero attached hydrogens (tertiary/aromatic N) is 2. The smallest absolute Gasteiger partial charge is 0.338 e. The summed E-state index contributed by atoms with van der Waals surface area (Å²) in [7, 11) is -3.44. The van der Waals surface area contributed by atoms with E-state index in [2.05, 4.69) is 14.7 Å². The van der Waals surface area contributed by atoms with Gasteiger partial charge >= 0.3 is 5.97 Å². The highest BCUT2D eigenvalue weighted by atomic mass is 32.2. The van der Waals surface area contributed by atoms with E-state index in [4.69, 9.17) is 15.6 Å². The molecule has 186 valence electrons. The van der Waals surface area contributed by atoms with Crippen molar-refractivity contribution in [2.24, 2.45) is 11.7 Å². The van der Waals surface area contributed by atoms with E-state index in [9.17, 15) is 17.6 Å². The first kappa shape index (κ1) is 26.4. The highest BCUT2D eigenvalue weighted by Crippen LogP contribution is 2.17. The Bertz CT molecular complexity index is 1230. The Balaban J connectivity index is 0.000000198. The van der Waals surface area contributed by atoms with Gasteiger partial charge in [0.25, 0.3) is 0 Å². The van der Waals surface area contributed by atoms with Crippen LogP contribution < -0.4 is 10.5 Å². The summed E-state index contributed by atoms with van der Waals surface area (Å²) >= 11 is 0. The average molecular weight is 503 g/mol. The maximum atomic E-state index is 12.9. The van der Waals surface area contributed by atoms with E-state index in [1.54, 1.807) is 30.3 Å². The van der Waals surface area contributed by atoms with E-state index < -0.39 is 16.0 Å². The number of hydrogen-bond acceptors (Lipinski definition) is 7. The van der Waals surface area contributed by atoms with Crippen molar-refractivity contribution in [3.63, 3.8) is 0 Å². The molecule has 35 heavy (non-hydrogen) atoms. The van der Waals surface area contributed by atoms with Gasteiger partial charge in [-0.2, -0.15) is 0 Å². The maximum absolute atomic E-state index is 12.9. The van der Waals surface area contributed by atoms with Gasteiger partial charge in [0, 0.05) is 44.3 Å². The van der Waals surface area contributed by atoms with Crippen LogP contribution in [0.25, 0.3) is 11.4 Å². The van der Waals surface area contributed by atoms with E-state index in [1.807, 2.05) is 6.07 Å². The van der Waals surface area contributed by atoms with Crippen LogP contribution in [0, 0.1) is 11.7 Å². The summed E-state index contributed by atoms with van der Waals surface area (Å²) in [6, 6.07) is 12.5. The Morgan fingerprint density at radius 3 is 2.43 bits per heavy atom. The van der Waals surface area contributed by atoms with Crippen LogP contribution in [-0.2, 0) is 21.3 Å². The number of aromatic carboxylic acids is 1. The quantitative estimate of drug-likeness (QED) is 0.447. The number of aromatic nitrogens is 2. The minimum atomic E-state index is -3.44. The first-order valence-corrected chi connectivity index (χ1v) is 12.4. The lowest BCUT2D eigenvalue weighted by molar-refractivity contribution is 0.0677. The van der Waals surface area contributed by atoms with Gasteiger partial charge in [-0.05, 0) is 48.6 Å². The number of hydrogen-bond donors (Lipinski definition) is 3. The van der Waals surface area contributed by atoms with Crippen LogP contribution in [0.2, 0.25) is 0 Å². The number of ether oxygens (including phenoxy) is 1. The lowest BCUT2D eigenvalue weighted by Crippen LogP contribution is -2.32. The number of carbonyl (C=O) groups is 1. The average Bonchev–Trinajstić information content (AvgIpc) is 2.88. The molecular formula is C24H27FN4O5S. The molecular weight excluding hydrogens is 475 g/mol. The van der Waals surface area contributed by atoms with Gasteiger partial charge in [-0.25, -0.2) is 32.3 Å². The molecule has 1 aromatic heterocycles. The molecule has 0 radical (unpaired) electrons. The van der Waals surface area contributed by atoms with Gasteiger partial charge in [-0.3, -0.25) is 0 Å². The van der Waals surface area contributed by atoms with Gasteiger partial charge in [0.05, 0.1) is 10.5 Å². The van der Waals surface area contributed by atoms with Gasteiger partial charge in [-0.15, -0.1) is 0 Å². The number of nitrogens with one attached hydrogen (secondary N) is 1. The second-order valence-electron chi connectivity index (χ2n) is 7.87. The fourth-order valence-corrected chi connectivity index (χ4v) is 4.50. The SMILES string of the molecule is NCc1cccc(S(=O)(=O)NCC2CCOCC2)c1.O=C(O)c1cnc(-c2cccc(F)c2)nc1. The monoisotopic (exact) mass is 502 g/mol. The molecule has 0 spiro atoms. The second kappa shape index (κ2) is 12.5. The lowest BCUT2D eigenvalue weighted by Gasteiger charge is -2.22. The number of carboxylic acid groups (broad SMARTS) is 1. The molecule has 2 aromatic carbocycles. The summed E-state index contributed by atoms with van der Waals surface area (Å²) in [5.41, 5.74) is 6.85. The Morgan fingerprint density at radius 1 is 1.11 bits per heavy atom. The van der Waals surface area contributed by atoms with Gasteiger partial charge in [0.15, 0.2) is 5.82 Å². The number of sulfonamides is 1. The molecule has 3 aromatic rings. The Hall–Kier alpha value is -3.25. The lowest BCUT2D eigenvalue weighted by atomic mass is 10.0. The molecule has 1 fully saturated rings. The van der Waals surface area contributed by atoms with Crippen molar-refractivity contribution in [1.29, 1.82) is 0 Å². The third-order valence-electron chi connectivity index (χ3n) is 5.33. The zero-order chi connectivity index (χ0) is 25.3. The van der Waals surface area contributed by atoms with Gasteiger partial charge in [-0.1, -0.05) is 24.3 Å². The first-order valence-electron chi connectivity index (χ1n) is 11.0. The molecule has 9 nitrogen and oxygen atoms in total. The molecule has 0 bridgehead atoms. The predicted octanol–water partition coefficient (Wildman–Crippen LogP) is 2.83. The minimum Gasteiger partial charge on any atom is -0.478 e. The van der Waals surface area contributed by atoms with Crippen molar-refractivity contribution in [3.05, 3.63) is 77.9 Å². The Labute approximate surface area is 203 Å². The summed E-state index contributed by atoms with van der Waals surface area (Å²) < 4.78 is 45.2. The first-order chi connectivity index (χ1) is 16.8. The predicted molar refractivity (Wildman–Crippen MR) is 127 cm³/mol. The Kier molecular flexibility index (Phi) is 9.38. The topological polar surface area (TPSA) is 144 Å². The van der Waals surface area contributed by atoms with Crippen LogP contribution in [0.15, 0.2) is 65.8 Å². The number of carboxylic acids is 1. The molecule has 0 amide bonds. The molecule has 0 atom stereocenters. The standard InChI is InChI=1S/C13H20N2O3S.C11H7FN2O2/c14-9-12-2-1-3-13(8-12)19(16,17)15-10-11-4-6-18-7-5-11;12-9-3-1-2-7(4-9)10-13-5-8(6-14-10)11(15)16/h1-3,8,11,15H,4-7,9-10,14H2;1-6H,(H,15,16). The molecule has 1 aliphatic rings. The molecule has 1 saturated heterocycles. The van der Waals surface area contributed by atoms with Crippen LogP contribution in [0.4, 0.5) is 4.39 Å². The molecule has 11 heteroatoms. The van der Waals surface area contributed by atoms with Gasteiger partial charge in [0.2, 0.25) is 10.0 Å². The van der Waals surface area contributed by atoms with Crippen molar-refractivity contribution in [3.8, 4) is 11.4 Å². The van der Waals surface area contributed by atoms with Gasteiger partial charge in [0.1, 0.15) is 5.82 Å². The highest BCUT2D eigenvalue weighted by Gasteiger charge is 2.19. The molecule has 2 heterocycles. The third-order valence-corrected chi connectivity index (χ3v) is 6.75. The van der Waals surface area contributed by atoms with E-state index in [1.165, 1.54) is 24.5 Å². The maximum Gasteiger partial charge on any atom is 0.338 e. The van der Waals surface area contributed by atoms with Crippen LogP contribution in [-0.4, -0.2) is 49.2 Å². The van der Waals surface area contributed by atoms with Crippen LogP contribution >= 0.6 is 0 Å². The number of halogens is 1. The third kappa shape index (κ3) is 7.89. The normalized spacial score (nSPS) is 14.1. The second-order valence-corrected chi connectivity index (χ2v) is 9.64. The summed E-state index contributed by atoms with van der Waals surface area (Å²) in [5, 5.41) is 8.65. The zero-order valence-electron chi connectivity index (χ0n) is 18.9. The summed E-state index contributed by atoms with van der Waals surface area (Å²) in [6.45, 7) is 2.24. The summed E-state index contributed by atoms with van der Waals surface area (Å²) in [4.78, 5) is 18.5. The van der Waals surface area contributed by atoms with Crippen molar-refractivity contribution < 1.29 is 27.4 Å². The fourth-order valence-electron chi connectivity index (χ4n) is 3.32. The minimum absolute atomic E-state index is 0.000142. The molecule has 1 aliphatic heterocycles. The Morgan fingerprint density at radius 2 is 1.80 bits per heavy atom. The molecule has 4 N–H and O–H groups in total. The van der Waals surface area contributed by atoms with Crippen molar-refractivity contribution in [2.45, 2.75) is 24.3 Å². The van der Waals surface area contributed by atoms with Crippen molar-refractivity contribution in [1.82, 2.24) is 14.7 Å². The largest absolute Gasteiger partial charge is 0.478 e. The zero-order valence-corrected chi connectivity index (χ0v) is 19.7. The van der Waals surface area contributed by atoms with Crippen LogP contribution in [0.1, 0.15) is 28.8 Å². The summed E-state index contributed by atoms with van der Waals surface area (Å²) in [6.07, 6.45) is 4.20. The van der Waals surface area contributed by atoms with Crippen LogP contribution in [0.3, 0.4) is 0 Å². The van der Waals surface area contributed by atoms with E-state index in [0.717, 1.165) is 31.6 Å². The van der Waals surface area contributed by atoms with Crippen molar-refractivity contribution >= 4 is 16.0 Å². The molecule has 0 saturated carbocycles. The number of rotatable bonds is 7. The number of benzene rings is 2. The van der Waals surface area contributed by atoms with Crippen molar-refractivity contribution in [2.75, 3.05) is 19.8 Å². The fraction of sp³-hybridized carbons (Fsp3) is 0.292. The van der Waals surface area contributed by atoms with E-state index >= 15 is 0 Å². The molecule has 0 unspecified atom stereocenters. The summed E-state index contributed by atoms with van der Waals surface area (Å²) in [5.74, 6) is -0.820. The number of nitrogens with two attached hydrogens (primary N) is 1. The molecule has 0 aliphatic carbocycles. The van der Waals surface area contributed by atoms with Crippen LogP contribution in [0.5, 0.6) is 0 Å².